The molecule has 0 saturated heterocycles. The number of benzene rings is 1. The van der Waals surface area contributed by atoms with Crippen molar-refractivity contribution in [1.29, 1.82) is 0 Å². The molecule has 1 aromatic rings. The highest BCUT2D eigenvalue weighted by Gasteiger charge is 2.19. The average molecular weight is 287 g/mol. The molecule has 98 valence electrons. The van der Waals surface area contributed by atoms with E-state index in [1.807, 2.05) is 19.1 Å². The Morgan fingerprint density at radius 2 is 2.17 bits per heavy atom. The lowest BCUT2D eigenvalue weighted by atomic mass is 10.1. The second-order valence-electron chi connectivity index (χ2n) is 4.40. The van der Waals surface area contributed by atoms with Gasteiger partial charge in [0.05, 0.1) is 0 Å². The predicted octanol–water partition coefficient (Wildman–Crippen LogP) is 3.41. The lowest BCUT2D eigenvalue weighted by Gasteiger charge is -2.19. The van der Waals surface area contributed by atoms with Crippen LogP contribution in [-0.4, -0.2) is 14.5 Å². The fourth-order valence-electron chi connectivity index (χ4n) is 1.95. The van der Waals surface area contributed by atoms with Gasteiger partial charge in [-0.3, -0.25) is 0 Å². The molecule has 2 rings (SSSR count). The highest BCUT2D eigenvalue weighted by molar-refractivity contribution is 8.13. The Hall–Kier alpha value is -1.000. The second-order valence-corrected chi connectivity index (χ2v) is 6.94. The monoisotopic (exact) mass is 286 g/mol. The highest BCUT2D eigenvalue weighted by atomic mass is 35.7. The van der Waals surface area contributed by atoms with Gasteiger partial charge in [-0.15, -0.1) is 0 Å². The molecule has 0 fully saturated rings. The van der Waals surface area contributed by atoms with Crippen LogP contribution < -0.4 is 4.74 Å². The van der Waals surface area contributed by atoms with Crippen LogP contribution in [0.5, 0.6) is 5.75 Å². The topological polar surface area (TPSA) is 43.4 Å². The summed E-state index contributed by atoms with van der Waals surface area (Å²) in [6, 6.07) is 5.00. The van der Waals surface area contributed by atoms with Gasteiger partial charge in [0.2, 0.25) is 0 Å². The van der Waals surface area contributed by atoms with Gasteiger partial charge in [-0.25, -0.2) is 8.42 Å². The SMILES string of the molecule is Cc1ccc(OC2C=CCCC2)c(S(=O)(=O)Cl)c1. The summed E-state index contributed by atoms with van der Waals surface area (Å²) in [4.78, 5) is 0.0446. The van der Waals surface area contributed by atoms with Crippen molar-refractivity contribution in [2.45, 2.75) is 37.2 Å². The van der Waals surface area contributed by atoms with E-state index in [4.69, 9.17) is 15.4 Å². The van der Waals surface area contributed by atoms with Gasteiger partial charge in [-0.05, 0) is 50.0 Å². The second kappa shape index (κ2) is 5.33. The molecule has 1 atom stereocenters. The number of aryl methyl sites for hydroxylation is 1. The van der Waals surface area contributed by atoms with E-state index in [9.17, 15) is 8.42 Å². The third kappa shape index (κ3) is 3.27. The molecule has 0 heterocycles. The molecule has 5 heteroatoms. The maximum absolute atomic E-state index is 11.5. The fourth-order valence-corrected chi connectivity index (χ4v) is 2.99. The summed E-state index contributed by atoms with van der Waals surface area (Å²) in [5.41, 5.74) is 0.834. The van der Waals surface area contributed by atoms with Crippen molar-refractivity contribution in [2.75, 3.05) is 0 Å². The van der Waals surface area contributed by atoms with E-state index in [-0.39, 0.29) is 11.0 Å². The first kappa shape index (κ1) is 13.4. The summed E-state index contributed by atoms with van der Waals surface area (Å²) in [6.45, 7) is 1.82. The summed E-state index contributed by atoms with van der Waals surface area (Å²) in [7, 11) is 1.64. The summed E-state index contributed by atoms with van der Waals surface area (Å²) >= 11 is 0. The van der Waals surface area contributed by atoms with Gasteiger partial charge in [0.1, 0.15) is 16.7 Å². The summed E-state index contributed by atoms with van der Waals surface area (Å²) in [5, 5.41) is 0. The lowest BCUT2D eigenvalue weighted by Crippen LogP contribution is -2.16. The van der Waals surface area contributed by atoms with E-state index in [1.54, 1.807) is 6.07 Å². The van der Waals surface area contributed by atoms with Crippen molar-refractivity contribution in [2.24, 2.45) is 0 Å². The smallest absolute Gasteiger partial charge is 0.264 e. The number of hydrogen-bond donors (Lipinski definition) is 0. The Kier molecular flexibility index (Phi) is 3.97. The zero-order chi connectivity index (χ0) is 13.2. The van der Waals surface area contributed by atoms with Crippen molar-refractivity contribution in [3.8, 4) is 5.75 Å². The Balaban J connectivity index is 2.32. The van der Waals surface area contributed by atoms with E-state index in [0.29, 0.717) is 5.75 Å². The van der Waals surface area contributed by atoms with E-state index in [0.717, 1.165) is 24.8 Å². The minimum absolute atomic E-state index is 0.0446. The molecule has 1 aliphatic rings. The number of halogens is 1. The van der Waals surface area contributed by atoms with Gasteiger partial charge in [-0.1, -0.05) is 12.1 Å². The van der Waals surface area contributed by atoms with Crippen LogP contribution in [0.3, 0.4) is 0 Å². The molecule has 0 bridgehead atoms. The summed E-state index contributed by atoms with van der Waals surface area (Å²) < 4.78 is 28.7. The van der Waals surface area contributed by atoms with Gasteiger partial charge >= 0.3 is 0 Å². The maximum atomic E-state index is 11.5. The molecule has 0 aromatic heterocycles. The maximum Gasteiger partial charge on any atom is 0.264 e. The molecule has 1 unspecified atom stereocenters. The Morgan fingerprint density at radius 3 is 2.78 bits per heavy atom. The van der Waals surface area contributed by atoms with Crippen LogP contribution in [-0.2, 0) is 9.05 Å². The van der Waals surface area contributed by atoms with Gasteiger partial charge in [0, 0.05) is 10.7 Å². The van der Waals surface area contributed by atoms with E-state index in [1.165, 1.54) is 6.07 Å². The van der Waals surface area contributed by atoms with Crippen LogP contribution in [0, 0.1) is 6.92 Å². The van der Waals surface area contributed by atoms with Gasteiger partial charge in [0.25, 0.3) is 9.05 Å². The van der Waals surface area contributed by atoms with Crippen LogP contribution in [0.15, 0.2) is 35.2 Å². The first-order valence-electron chi connectivity index (χ1n) is 5.85. The quantitative estimate of drug-likeness (QED) is 0.632. The van der Waals surface area contributed by atoms with E-state index in [2.05, 4.69) is 6.08 Å². The predicted molar refractivity (Wildman–Crippen MR) is 71.6 cm³/mol. The third-order valence-corrected chi connectivity index (χ3v) is 4.19. The van der Waals surface area contributed by atoms with Crippen molar-refractivity contribution in [3.05, 3.63) is 35.9 Å². The fraction of sp³-hybridized carbons (Fsp3) is 0.385. The molecule has 0 spiro atoms. The Morgan fingerprint density at radius 1 is 1.39 bits per heavy atom. The zero-order valence-corrected chi connectivity index (χ0v) is 11.7. The zero-order valence-electron chi connectivity index (χ0n) is 10.1. The number of ether oxygens (including phenoxy) is 1. The average Bonchev–Trinajstić information content (AvgIpc) is 2.31. The van der Waals surface area contributed by atoms with Crippen LogP contribution in [0.2, 0.25) is 0 Å². The van der Waals surface area contributed by atoms with Gasteiger partial charge < -0.3 is 4.74 Å². The van der Waals surface area contributed by atoms with E-state index >= 15 is 0 Å². The first-order chi connectivity index (χ1) is 8.47. The molecule has 1 aliphatic carbocycles. The molecule has 0 radical (unpaired) electrons. The normalized spacial score (nSPS) is 19.8. The molecule has 0 amide bonds. The van der Waals surface area contributed by atoms with Gasteiger partial charge in [0.15, 0.2) is 0 Å². The van der Waals surface area contributed by atoms with Crippen molar-refractivity contribution in [1.82, 2.24) is 0 Å². The van der Waals surface area contributed by atoms with Gasteiger partial charge in [-0.2, -0.15) is 0 Å². The van der Waals surface area contributed by atoms with Crippen molar-refractivity contribution < 1.29 is 13.2 Å². The minimum Gasteiger partial charge on any atom is -0.485 e. The molecular weight excluding hydrogens is 272 g/mol. The molecule has 0 saturated carbocycles. The van der Waals surface area contributed by atoms with Crippen molar-refractivity contribution >= 4 is 19.7 Å². The summed E-state index contributed by atoms with van der Waals surface area (Å²) in [6.07, 6.45) is 6.94. The first-order valence-corrected chi connectivity index (χ1v) is 8.16. The van der Waals surface area contributed by atoms with Crippen LogP contribution >= 0.6 is 10.7 Å². The summed E-state index contributed by atoms with van der Waals surface area (Å²) in [5.74, 6) is 0.326. The lowest BCUT2D eigenvalue weighted by molar-refractivity contribution is 0.224. The molecular formula is C13H15ClO3S. The molecule has 0 aliphatic heterocycles. The van der Waals surface area contributed by atoms with Crippen LogP contribution in [0.25, 0.3) is 0 Å². The van der Waals surface area contributed by atoms with Crippen LogP contribution in [0.4, 0.5) is 0 Å². The largest absolute Gasteiger partial charge is 0.485 e. The number of rotatable bonds is 3. The third-order valence-electron chi connectivity index (χ3n) is 2.85. The van der Waals surface area contributed by atoms with Crippen molar-refractivity contribution in [3.63, 3.8) is 0 Å². The number of allylic oxidation sites excluding steroid dienone is 1. The molecule has 0 N–H and O–H groups in total. The molecule has 18 heavy (non-hydrogen) atoms. The molecule has 3 nitrogen and oxygen atoms in total. The Bertz CT molecular complexity index is 564. The molecule has 1 aromatic carbocycles. The standard InChI is InChI=1S/C13H15ClO3S/c1-10-7-8-12(13(9-10)18(14,15)16)17-11-5-3-2-4-6-11/h3,5,7-9,11H,2,4,6H2,1H3. The number of hydrogen-bond acceptors (Lipinski definition) is 3. The van der Waals surface area contributed by atoms with E-state index < -0.39 is 9.05 Å². The highest BCUT2D eigenvalue weighted by Crippen LogP contribution is 2.30. The van der Waals surface area contributed by atoms with Crippen LogP contribution in [0.1, 0.15) is 24.8 Å². The Labute approximate surface area is 112 Å². The minimum atomic E-state index is -3.78.